The summed E-state index contributed by atoms with van der Waals surface area (Å²) in [6.45, 7) is 1.79. The van der Waals surface area contributed by atoms with E-state index in [2.05, 4.69) is 5.32 Å². The van der Waals surface area contributed by atoms with E-state index in [1.54, 1.807) is 31.2 Å². The Morgan fingerprint density at radius 3 is 2.67 bits per heavy atom. The molecule has 78 valence electrons. The van der Waals surface area contributed by atoms with Crippen LogP contribution in [0.1, 0.15) is 23.7 Å². The Morgan fingerprint density at radius 1 is 1.53 bits per heavy atom. The molecular formula is C11H13N3O. The molecule has 1 amide bonds. The Hall–Kier alpha value is -2.02. The fraction of sp³-hybridized carbons (Fsp3) is 0.273. The zero-order valence-corrected chi connectivity index (χ0v) is 8.53. The summed E-state index contributed by atoms with van der Waals surface area (Å²) in [5, 5.41) is 11.2. The molecule has 4 nitrogen and oxygen atoms in total. The van der Waals surface area contributed by atoms with Crippen molar-refractivity contribution in [2.45, 2.75) is 19.4 Å². The Balaban J connectivity index is 2.62. The normalized spacial score (nSPS) is 11.5. The molecule has 0 aliphatic carbocycles. The highest BCUT2D eigenvalue weighted by Gasteiger charge is 2.08. The lowest BCUT2D eigenvalue weighted by Crippen LogP contribution is -2.32. The average molecular weight is 203 g/mol. The van der Waals surface area contributed by atoms with Gasteiger partial charge in [-0.1, -0.05) is 0 Å². The Labute approximate surface area is 88.7 Å². The van der Waals surface area contributed by atoms with Crippen molar-refractivity contribution in [1.82, 2.24) is 5.32 Å². The summed E-state index contributed by atoms with van der Waals surface area (Å²) in [7, 11) is 0. The number of nitrogen functional groups attached to an aromatic ring is 1. The Bertz CT molecular complexity index is 378. The van der Waals surface area contributed by atoms with Crippen LogP contribution >= 0.6 is 0 Å². The van der Waals surface area contributed by atoms with Gasteiger partial charge in [0.1, 0.15) is 0 Å². The van der Waals surface area contributed by atoms with Gasteiger partial charge in [-0.3, -0.25) is 4.79 Å². The van der Waals surface area contributed by atoms with Crippen LogP contribution in [0.2, 0.25) is 0 Å². The molecule has 0 radical (unpaired) electrons. The number of hydrogen-bond donors (Lipinski definition) is 2. The van der Waals surface area contributed by atoms with Crippen LogP contribution < -0.4 is 11.1 Å². The molecule has 0 saturated carbocycles. The monoisotopic (exact) mass is 203 g/mol. The molecule has 0 heterocycles. The molecule has 0 aliphatic rings. The van der Waals surface area contributed by atoms with E-state index < -0.39 is 0 Å². The number of benzene rings is 1. The van der Waals surface area contributed by atoms with Crippen LogP contribution in [0.25, 0.3) is 0 Å². The van der Waals surface area contributed by atoms with Crippen molar-refractivity contribution in [2.75, 3.05) is 5.73 Å². The Morgan fingerprint density at radius 2 is 2.13 bits per heavy atom. The number of nitrogens with one attached hydrogen (secondary N) is 1. The van der Waals surface area contributed by atoms with Crippen LogP contribution in [0.5, 0.6) is 0 Å². The first-order valence-corrected chi connectivity index (χ1v) is 4.67. The number of carbonyl (C=O) groups excluding carboxylic acids is 1. The standard InChI is InChI=1S/C11H13N3O/c1-8(6-7-12)14-11(15)9-2-4-10(13)5-3-9/h2-5,8H,6,13H2,1H3,(H,14,15). The van der Waals surface area contributed by atoms with Gasteiger partial charge in [-0.2, -0.15) is 5.26 Å². The maximum absolute atomic E-state index is 11.6. The van der Waals surface area contributed by atoms with Gasteiger partial charge >= 0.3 is 0 Å². The van der Waals surface area contributed by atoms with Gasteiger partial charge < -0.3 is 11.1 Å². The molecule has 0 saturated heterocycles. The second-order valence-electron chi connectivity index (χ2n) is 3.36. The minimum atomic E-state index is -0.183. The van der Waals surface area contributed by atoms with Crippen molar-refractivity contribution in [1.29, 1.82) is 5.26 Å². The van der Waals surface area contributed by atoms with Crippen LogP contribution in [0.15, 0.2) is 24.3 Å². The molecule has 1 aromatic rings. The summed E-state index contributed by atoms with van der Waals surface area (Å²) < 4.78 is 0. The number of amides is 1. The number of nitrogens with two attached hydrogens (primary N) is 1. The van der Waals surface area contributed by atoms with Crippen molar-refractivity contribution in [2.24, 2.45) is 0 Å². The SMILES string of the molecule is CC(CC#N)NC(=O)c1ccc(N)cc1. The molecule has 1 unspecified atom stereocenters. The summed E-state index contributed by atoms with van der Waals surface area (Å²) in [4.78, 5) is 11.6. The molecule has 1 atom stereocenters. The van der Waals surface area contributed by atoms with Crippen LogP contribution in [0, 0.1) is 11.3 Å². The molecule has 1 rings (SSSR count). The molecule has 0 bridgehead atoms. The summed E-state index contributed by atoms with van der Waals surface area (Å²) in [6.07, 6.45) is 0.306. The number of rotatable bonds is 3. The molecule has 3 N–H and O–H groups in total. The zero-order chi connectivity index (χ0) is 11.3. The van der Waals surface area contributed by atoms with Gasteiger partial charge in [-0.15, -0.1) is 0 Å². The maximum atomic E-state index is 11.6. The molecule has 0 aromatic heterocycles. The van der Waals surface area contributed by atoms with Gasteiger partial charge in [-0.25, -0.2) is 0 Å². The number of nitriles is 1. The molecule has 0 fully saturated rings. The van der Waals surface area contributed by atoms with Gasteiger partial charge in [0.05, 0.1) is 12.5 Å². The number of carbonyl (C=O) groups is 1. The zero-order valence-electron chi connectivity index (χ0n) is 8.53. The minimum absolute atomic E-state index is 0.139. The topological polar surface area (TPSA) is 78.9 Å². The third-order valence-electron chi connectivity index (χ3n) is 1.95. The van der Waals surface area contributed by atoms with Gasteiger partial charge in [0, 0.05) is 17.3 Å². The highest BCUT2D eigenvalue weighted by molar-refractivity contribution is 5.94. The molecule has 0 aliphatic heterocycles. The van der Waals surface area contributed by atoms with Crippen molar-refractivity contribution < 1.29 is 4.79 Å². The minimum Gasteiger partial charge on any atom is -0.399 e. The van der Waals surface area contributed by atoms with E-state index in [1.165, 1.54) is 0 Å². The lowest BCUT2D eigenvalue weighted by molar-refractivity contribution is 0.0941. The first-order valence-electron chi connectivity index (χ1n) is 4.67. The largest absolute Gasteiger partial charge is 0.399 e. The van der Waals surface area contributed by atoms with Crippen LogP contribution in [0.3, 0.4) is 0 Å². The van der Waals surface area contributed by atoms with E-state index in [0.29, 0.717) is 17.7 Å². The second kappa shape index (κ2) is 5.01. The Kier molecular flexibility index (Phi) is 3.69. The van der Waals surface area contributed by atoms with Crippen molar-refractivity contribution in [3.05, 3.63) is 29.8 Å². The maximum Gasteiger partial charge on any atom is 0.251 e. The second-order valence-corrected chi connectivity index (χ2v) is 3.36. The van der Waals surface area contributed by atoms with E-state index in [1.807, 2.05) is 6.07 Å². The van der Waals surface area contributed by atoms with Crippen LogP contribution in [0.4, 0.5) is 5.69 Å². The highest BCUT2D eigenvalue weighted by Crippen LogP contribution is 2.05. The fourth-order valence-electron chi connectivity index (χ4n) is 1.13. The molecule has 1 aromatic carbocycles. The van der Waals surface area contributed by atoms with Crippen LogP contribution in [-0.2, 0) is 0 Å². The van der Waals surface area contributed by atoms with Gasteiger partial charge in [0.2, 0.25) is 0 Å². The van der Waals surface area contributed by atoms with Crippen LogP contribution in [-0.4, -0.2) is 11.9 Å². The van der Waals surface area contributed by atoms with E-state index in [4.69, 9.17) is 11.0 Å². The summed E-state index contributed by atoms with van der Waals surface area (Å²) >= 11 is 0. The smallest absolute Gasteiger partial charge is 0.251 e. The molecule has 15 heavy (non-hydrogen) atoms. The summed E-state index contributed by atoms with van der Waals surface area (Å²) in [6, 6.07) is 8.51. The predicted molar refractivity (Wildman–Crippen MR) is 58.0 cm³/mol. The first-order chi connectivity index (χ1) is 7.13. The highest BCUT2D eigenvalue weighted by atomic mass is 16.1. The van der Waals surface area contributed by atoms with Gasteiger partial charge in [-0.05, 0) is 31.2 Å². The number of anilines is 1. The van der Waals surface area contributed by atoms with E-state index >= 15 is 0 Å². The summed E-state index contributed by atoms with van der Waals surface area (Å²) in [5.74, 6) is -0.183. The number of nitrogens with zero attached hydrogens (tertiary/aromatic N) is 1. The molecular weight excluding hydrogens is 190 g/mol. The van der Waals surface area contributed by atoms with Crippen molar-refractivity contribution in [3.63, 3.8) is 0 Å². The predicted octanol–water partition coefficient (Wildman–Crippen LogP) is 1.30. The summed E-state index contributed by atoms with van der Waals surface area (Å²) in [5.41, 5.74) is 6.67. The van der Waals surface area contributed by atoms with E-state index in [0.717, 1.165) is 0 Å². The number of hydrogen-bond acceptors (Lipinski definition) is 3. The quantitative estimate of drug-likeness (QED) is 0.727. The van der Waals surface area contributed by atoms with Gasteiger partial charge in [0.15, 0.2) is 0 Å². The van der Waals surface area contributed by atoms with E-state index in [-0.39, 0.29) is 11.9 Å². The molecule has 0 spiro atoms. The lowest BCUT2D eigenvalue weighted by Gasteiger charge is -2.10. The third-order valence-corrected chi connectivity index (χ3v) is 1.95. The molecule has 4 heteroatoms. The van der Waals surface area contributed by atoms with Gasteiger partial charge in [0.25, 0.3) is 5.91 Å². The first kappa shape index (κ1) is 11.1. The lowest BCUT2D eigenvalue weighted by atomic mass is 10.1. The average Bonchev–Trinajstić information content (AvgIpc) is 2.18. The third kappa shape index (κ3) is 3.31. The van der Waals surface area contributed by atoms with E-state index in [9.17, 15) is 4.79 Å². The fourth-order valence-corrected chi connectivity index (χ4v) is 1.13. The van der Waals surface area contributed by atoms with Crippen molar-refractivity contribution >= 4 is 11.6 Å². The van der Waals surface area contributed by atoms with Crippen molar-refractivity contribution in [3.8, 4) is 6.07 Å².